The Labute approximate surface area is 268 Å². The van der Waals surface area contributed by atoms with E-state index in [0.717, 1.165) is 11.8 Å². The molecule has 42 heavy (non-hydrogen) atoms. The number of hydrogen-bond donors (Lipinski definition) is 0. The maximum atomic E-state index is 4.01. The van der Waals surface area contributed by atoms with Crippen molar-refractivity contribution in [1.82, 2.24) is 0 Å². The zero-order valence-corrected chi connectivity index (χ0v) is 31.9. The van der Waals surface area contributed by atoms with Crippen LogP contribution in [0.2, 0.25) is 0 Å². The average molecular weight is 583 g/mol. The third kappa shape index (κ3) is 25.9. The molecule has 2 aliphatic carbocycles. The molecule has 0 nitrogen and oxygen atoms in total. The molecule has 0 saturated heterocycles. The highest BCUT2D eigenvalue weighted by Gasteiger charge is 2.36. The van der Waals surface area contributed by atoms with E-state index in [1.807, 2.05) is 20.8 Å². The number of allylic oxidation sites excluding steroid dienone is 5. The summed E-state index contributed by atoms with van der Waals surface area (Å²) in [5, 5.41) is 0. The monoisotopic (exact) mass is 583 g/mol. The van der Waals surface area contributed by atoms with Crippen LogP contribution in [0.25, 0.3) is 0 Å². The van der Waals surface area contributed by atoms with Crippen molar-refractivity contribution in [2.75, 3.05) is 0 Å². The lowest BCUT2D eigenvalue weighted by atomic mass is 9.86. The first-order chi connectivity index (χ1) is 19.7. The van der Waals surface area contributed by atoms with Crippen LogP contribution >= 0.6 is 0 Å². The van der Waals surface area contributed by atoms with Crippen molar-refractivity contribution in [3.63, 3.8) is 0 Å². The second-order valence-corrected chi connectivity index (χ2v) is 12.6. The molecular weight excluding hydrogens is 504 g/mol. The Morgan fingerprint density at radius 1 is 0.857 bits per heavy atom. The molecule has 0 amide bonds. The SMILES string of the molecule is C=C(C)C1c2c(C)ccc(C)c21.C=CC=C.CC.CC=C(C)C.CCC(C)C1CC1.CCCC.CCCC(C)(C)CC. The lowest BCUT2D eigenvalue weighted by molar-refractivity contribution is 0.319. The van der Waals surface area contributed by atoms with Gasteiger partial charge in [0.05, 0.1) is 0 Å². The fraction of sp³-hybridized carbons (Fsp3) is 0.667. The van der Waals surface area contributed by atoms with E-state index in [-0.39, 0.29) is 0 Å². The van der Waals surface area contributed by atoms with Crippen molar-refractivity contribution in [2.45, 2.75) is 168 Å². The Balaban J connectivity index is -0.000000215. The number of aryl methyl sites for hydroxylation is 2. The van der Waals surface area contributed by atoms with Gasteiger partial charge in [-0.1, -0.05) is 163 Å². The maximum Gasteiger partial charge on any atom is 0.0305 e. The second kappa shape index (κ2) is 29.3. The van der Waals surface area contributed by atoms with E-state index in [2.05, 4.69) is 128 Å². The van der Waals surface area contributed by atoms with E-state index in [9.17, 15) is 0 Å². The molecular formula is C42H78. The van der Waals surface area contributed by atoms with Crippen molar-refractivity contribution in [1.29, 1.82) is 0 Å². The number of hydrogen-bond acceptors (Lipinski definition) is 0. The summed E-state index contributed by atoms with van der Waals surface area (Å²) in [6.45, 7) is 45.6. The fourth-order valence-electron chi connectivity index (χ4n) is 3.88. The van der Waals surface area contributed by atoms with Crippen LogP contribution in [-0.2, 0) is 0 Å². The van der Waals surface area contributed by atoms with Gasteiger partial charge in [-0.25, -0.2) is 0 Å². The Hall–Kier alpha value is -1.82. The van der Waals surface area contributed by atoms with Crippen LogP contribution in [0, 0.1) is 31.1 Å². The highest BCUT2D eigenvalue weighted by molar-refractivity contribution is 5.65. The van der Waals surface area contributed by atoms with Crippen LogP contribution in [0.4, 0.5) is 0 Å². The van der Waals surface area contributed by atoms with E-state index in [0.29, 0.717) is 11.3 Å². The number of benzene rings is 1. The number of rotatable bonds is 8. The largest absolute Gasteiger partial charge is 0.0992 e. The summed E-state index contributed by atoms with van der Waals surface area (Å²) in [4.78, 5) is 0. The van der Waals surface area contributed by atoms with Gasteiger partial charge in [0.25, 0.3) is 0 Å². The van der Waals surface area contributed by atoms with Crippen LogP contribution in [0.15, 0.2) is 61.2 Å². The Morgan fingerprint density at radius 3 is 1.38 bits per heavy atom. The molecule has 1 fully saturated rings. The molecule has 0 aromatic heterocycles. The van der Waals surface area contributed by atoms with Crippen LogP contribution < -0.4 is 0 Å². The predicted octanol–water partition coefficient (Wildman–Crippen LogP) is 15.2. The van der Waals surface area contributed by atoms with E-state index >= 15 is 0 Å². The van der Waals surface area contributed by atoms with Gasteiger partial charge in [-0.3, -0.25) is 0 Å². The zero-order valence-electron chi connectivity index (χ0n) is 31.9. The molecule has 0 spiro atoms. The third-order valence-corrected chi connectivity index (χ3v) is 7.91. The summed E-state index contributed by atoms with van der Waals surface area (Å²) in [5.74, 6) is 2.71. The van der Waals surface area contributed by atoms with Crippen molar-refractivity contribution in [3.8, 4) is 0 Å². The molecule has 0 radical (unpaired) electrons. The van der Waals surface area contributed by atoms with Crippen molar-refractivity contribution in [3.05, 3.63) is 83.5 Å². The fourth-order valence-corrected chi connectivity index (χ4v) is 3.88. The minimum atomic E-state index is 0.583. The van der Waals surface area contributed by atoms with Crippen LogP contribution in [0.3, 0.4) is 0 Å². The van der Waals surface area contributed by atoms with Crippen LogP contribution in [0.1, 0.15) is 176 Å². The van der Waals surface area contributed by atoms with Gasteiger partial charge in [-0.05, 0) is 100 Å². The van der Waals surface area contributed by atoms with E-state index < -0.39 is 0 Å². The molecule has 3 rings (SSSR count). The van der Waals surface area contributed by atoms with Gasteiger partial charge in [0.15, 0.2) is 0 Å². The van der Waals surface area contributed by atoms with E-state index in [4.69, 9.17) is 0 Å². The zero-order chi connectivity index (χ0) is 33.9. The molecule has 1 atom stereocenters. The van der Waals surface area contributed by atoms with E-state index in [1.165, 1.54) is 84.8 Å². The first kappa shape index (κ1) is 47.1. The standard InChI is InChI=1S/C12H14.C8H18.C7H14.C5H10.C4H10.C4H6.C2H6/c1-7(2)10-11-8(3)5-6-9(4)12(10)11;1-5-7-8(3,4)6-2;1-3-6(2)7-4-5-7;1-4-5(2)3;2*1-3-4-2;1-2/h5-6,10H,1H2,2-4H3;5-7H2,1-4H3;6-7H,3-5H2,1-2H3;4H,1-3H3;3-4H2,1-2H3;3-4H,1-2H2;1-2H3. The lowest BCUT2D eigenvalue weighted by Gasteiger charge is -2.20. The van der Waals surface area contributed by atoms with Gasteiger partial charge >= 0.3 is 0 Å². The summed E-state index contributed by atoms with van der Waals surface area (Å²) < 4.78 is 0. The van der Waals surface area contributed by atoms with Gasteiger partial charge < -0.3 is 0 Å². The highest BCUT2D eigenvalue weighted by Crippen LogP contribution is 2.51. The highest BCUT2D eigenvalue weighted by atomic mass is 14.4. The Bertz CT molecular complexity index is 787. The second-order valence-electron chi connectivity index (χ2n) is 12.6. The number of unbranched alkanes of at least 4 members (excludes halogenated alkanes) is 1. The normalized spacial score (nSPS) is 12.7. The third-order valence-electron chi connectivity index (χ3n) is 7.91. The molecule has 1 aromatic carbocycles. The molecule has 0 bridgehead atoms. The quantitative estimate of drug-likeness (QED) is 0.211. The lowest BCUT2D eigenvalue weighted by Crippen LogP contribution is -2.07. The van der Waals surface area contributed by atoms with Crippen molar-refractivity contribution < 1.29 is 0 Å². The molecule has 1 aromatic rings. The molecule has 2 aliphatic rings. The molecule has 0 aliphatic heterocycles. The summed E-state index contributed by atoms with van der Waals surface area (Å²) in [5.41, 5.74) is 9.15. The van der Waals surface area contributed by atoms with E-state index in [1.54, 1.807) is 12.2 Å². The van der Waals surface area contributed by atoms with Gasteiger partial charge in [0, 0.05) is 5.92 Å². The van der Waals surface area contributed by atoms with Crippen LogP contribution in [-0.4, -0.2) is 0 Å². The topological polar surface area (TPSA) is 0 Å². The molecule has 0 heteroatoms. The minimum Gasteiger partial charge on any atom is -0.0992 e. The van der Waals surface area contributed by atoms with Crippen molar-refractivity contribution in [2.24, 2.45) is 17.3 Å². The summed E-state index contributed by atoms with van der Waals surface area (Å²) >= 11 is 0. The van der Waals surface area contributed by atoms with Gasteiger partial charge in [-0.15, -0.1) is 0 Å². The Morgan fingerprint density at radius 2 is 1.24 bits per heavy atom. The summed E-state index contributed by atoms with van der Waals surface area (Å²) in [6.07, 6.45) is 16.4. The molecule has 246 valence electrons. The predicted molar refractivity (Wildman–Crippen MR) is 201 cm³/mol. The average Bonchev–Trinajstić information content (AvgIpc) is 3.91. The maximum absolute atomic E-state index is 4.01. The van der Waals surface area contributed by atoms with Gasteiger partial charge in [0.2, 0.25) is 0 Å². The first-order valence-corrected chi connectivity index (χ1v) is 17.3. The van der Waals surface area contributed by atoms with Gasteiger partial charge in [0.1, 0.15) is 0 Å². The Kier molecular flexibility index (Phi) is 32.8. The number of fused-ring (bicyclic) bond motifs is 1. The van der Waals surface area contributed by atoms with Gasteiger partial charge in [-0.2, -0.15) is 0 Å². The summed E-state index contributed by atoms with van der Waals surface area (Å²) in [6, 6.07) is 4.41. The minimum absolute atomic E-state index is 0.583. The molecule has 1 saturated carbocycles. The van der Waals surface area contributed by atoms with Crippen LogP contribution in [0.5, 0.6) is 0 Å². The smallest absolute Gasteiger partial charge is 0.0305 e. The molecule has 1 unspecified atom stereocenters. The van der Waals surface area contributed by atoms with Crippen molar-refractivity contribution >= 4 is 0 Å². The summed E-state index contributed by atoms with van der Waals surface area (Å²) in [7, 11) is 0. The molecule has 0 heterocycles. The first-order valence-electron chi connectivity index (χ1n) is 17.3. The molecule has 0 N–H and O–H groups in total.